The lowest BCUT2D eigenvalue weighted by molar-refractivity contribution is 0.0487. The van der Waals surface area contributed by atoms with Gasteiger partial charge in [0.05, 0.1) is 14.2 Å². The van der Waals surface area contributed by atoms with Crippen molar-refractivity contribution >= 4 is 11.6 Å². The fourth-order valence-corrected chi connectivity index (χ4v) is 1.60. The van der Waals surface area contributed by atoms with Gasteiger partial charge in [0.2, 0.25) is 0 Å². The molecule has 7 heteroatoms. The van der Waals surface area contributed by atoms with Gasteiger partial charge in [-0.25, -0.2) is 5.43 Å². The van der Waals surface area contributed by atoms with Crippen molar-refractivity contribution in [2.75, 3.05) is 14.2 Å². The van der Waals surface area contributed by atoms with E-state index in [-0.39, 0.29) is 11.3 Å². The third-order valence-corrected chi connectivity index (χ3v) is 2.46. The molecule has 96 valence electrons. The largest absolute Gasteiger partial charge is 0.497 e. The SMILES string of the molecule is COc1ccc(C(NN)C(F)(F)Cl)c(OC)c1. The molecule has 17 heavy (non-hydrogen) atoms. The van der Waals surface area contributed by atoms with Gasteiger partial charge in [-0.2, -0.15) is 8.78 Å². The molecule has 0 aromatic heterocycles. The molecule has 0 bridgehead atoms. The lowest BCUT2D eigenvalue weighted by atomic mass is 10.1. The molecule has 1 rings (SSSR count). The molecule has 0 saturated carbocycles. The number of ether oxygens (including phenoxy) is 2. The van der Waals surface area contributed by atoms with Crippen molar-refractivity contribution in [1.29, 1.82) is 0 Å². The average Bonchev–Trinajstić information content (AvgIpc) is 2.28. The number of nitrogens with one attached hydrogen (secondary N) is 1. The third-order valence-electron chi connectivity index (χ3n) is 2.25. The molecule has 0 radical (unpaired) electrons. The molecular formula is C10H13ClF2N2O2. The van der Waals surface area contributed by atoms with Crippen molar-refractivity contribution in [3.63, 3.8) is 0 Å². The smallest absolute Gasteiger partial charge is 0.342 e. The van der Waals surface area contributed by atoms with E-state index in [1.165, 1.54) is 32.4 Å². The molecule has 1 aromatic rings. The van der Waals surface area contributed by atoms with Crippen LogP contribution in [0.3, 0.4) is 0 Å². The Morgan fingerprint density at radius 1 is 1.35 bits per heavy atom. The van der Waals surface area contributed by atoms with Crippen LogP contribution in [0.4, 0.5) is 8.78 Å². The highest BCUT2D eigenvalue weighted by molar-refractivity contribution is 6.22. The summed E-state index contributed by atoms with van der Waals surface area (Å²) in [7, 11) is 2.82. The van der Waals surface area contributed by atoms with Crippen molar-refractivity contribution in [3.8, 4) is 11.5 Å². The van der Waals surface area contributed by atoms with Crippen molar-refractivity contribution < 1.29 is 18.3 Å². The normalized spacial score (nSPS) is 13.3. The zero-order valence-electron chi connectivity index (χ0n) is 9.34. The molecule has 0 aliphatic carbocycles. The van der Waals surface area contributed by atoms with Gasteiger partial charge in [0.1, 0.15) is 17.5 Å². The Hall–Kier alpha value is -1.11. The maximum absolute atomic E-state index is 13.1. The van der Waals surface area contributed by atoms with Crippen LogP contribution in [0.2, 0.25) is 0 Å². The molecule has 0 aliphatic heterocycles. The summed E-state index contributed by atoms with van der Waals surface area (Å²) in [4.78, 5) is 0. The number of hydrazine groups is 1. The Morgan fingerprint density at radius 2 is 2.00 bits per heavy atom. The van der Waals surface area contributed by atoms with E-state index in [9.17, 15) is 8.78 Å². The molecule has 0 spiro atoms. The van der Waals surface area contributed by atoms with Crippen LogP contribution >= 0.6 is 11.6 Å². The molecular weight excluding hydrogens is 254 g/mol. The van der Waals surface area contributed by atoms with E-state index in [1.807, 2.05) is 5.43 Å². The van der Waals surface area contributed by atoms with Crippen molar-refractivity contribution in [3.05, 3.63) is 23.8 Å². The van der Waals surface area contributed by atoms with Crippen molar-refractivity contribution in [2.24, 2.45) is 5.84 Å². The zero-order chi connectivity index (χ0) is 13.1. The van der Waals surface area contributed by atoms with Gasteiger partial charge in [-0.1, -0.05) is 0 Å². The Labute approximate surface area is 103 Å². The minimum absolute atomic E-state index is 0.149. The van der Waals surface area contributed by atoms with Gasteiger partial charge < -0.3 is 9.47 Å². The second-order valence-electron chi connectivity index (χ2n) is 3.25. The quantitative estimate of drug-likeness (QED) is 0.486. The number of halogens is 3. The number of nitrogens with two attached hydrogens (primary N) is 1. The second-order valence-corrected chi connectivity index (χ2v) is 3.75. The first-order chi connectivity index (χ1) is 7.93. The van der Waals surface area contributed by atoms with Crippen molar-refractivity contribution in [1.82, 2.24) is 5.43 Å². The molecule has 1 unspecified atom stereocenters. The Balaban J connectivity index is 3.20. The summed E-state index contributed by atoms with van der Waals surface area (Å²) in [5, 5.41) is -3.53. The Kier molecular flexibility index (Phi) is 4.50. The molecule has 0 saturated heterocycles. The molecule has 0 heterocycles. The van der Waals surface area contributed by atoms with Gasteiger partial charge in [-0.05, 0) is 23.7 Å². The van der Waals surface area contributed by atoms with E-state index in [0.29, 0.717) is 5.75 Å². The Bertz CT molecular complexity index is 385. The predicted octanol–water partition coefficient (Wildman–Crippen LogP) is 2.04. The van der Waals surface area contributed by atoms with E-state index in [1.54, 1.807) is 0 Å². The monoisotopic (exact) mass is 266 g/mol. The van der Waals surface area contributed by atoms with Crippen LogP contribution in [-0.2, 0) is 0 Å². The van der Waals surface area contributed by atoms with Gasteiger partial charge in [-0.15, -0.1) is 0 Å². The summed E-state index contributed by atoms with van der Waals surface area (Å²) >= 11 is 4.97. The highest BCUT2D eigenvalue weighted by atomic mass is 35.5. The summed E-state index contributed by atoms with van der Waals surface area (Å²) in [6.07, 6.45) is 0. The van der Waals surface area contributed by atoms with Gasteiger partial charge in [0, 0.05) is 11.6 Å². The third kappa shape index (κ3) is 3.18. The molecule has 0 aliphatic rings. The summed E-state index contributed by atoms with van der Waals surface area (Å²) in [5.41, 5.74) is 2.12. The first-order valence-electron chi connectivity index (χ1n) is 4.68. The van der Waals surface area contributed by atoms with Crippen LogP contribution in [0.1, 0.15) is 11.6 Å². The maximum Gasteiger partial charge on any atom is 0.342 e. The number of rotatable bonds is 5. The summed E-state index contributed by atoms with van der Waals surface area (Å²) < 4.78 is 36.2. The van der Waals surface area contributed by atoms with Gasteiger partial charge >= 0.3 is 5.38 Å². The van der Waals surface area contributed by atoms with E-state index >= 15 is 0 Å². The molecule has 3 N–H and O–H groups in total. The topological polar surface area (TPSA) is 56.5 Å². The standard InChI is InChI=1S/C10H13ClF2N2O2/c1-16-6-3-4-7(8(5-6)17-2)9(15-14)10(11,12)13/h3-5,9,15H,14H2,1-2H3. The minimum Gasteiger partial charge on any atom is -0.497 e. The van der Waals surface area contributed by atoms with E-state index in [4.69, 9.17) is 26.9 Å². The van der Waals surface area contributed by atoms with Crippen LogP contribution in [0, 0.1) is 0 Å². The molecule has 4 nitrogen and oxygen atoms in total. The fourth-order valence-electron chi connectivity index (χ4n) is 1.42. The summed E-state index contributed by atoms with van der Waals surface area (Å²) in [6, 6.07) is 2.86. The molecule has 0 fully saturated rings. The van der Waals surface area contributed by atoms with Gasteiger partial charge in [-0.3, -0.25) is 5.84 Å². The van der Waals surface area contributed by atoms with Crippen LogP contribution in [0.25, 0.3) is 0 Å². The molecule has 1 aromatic carbocycles. The van der Waals surface area contributed by atoms with Crippen LogP contribution in [0.5, 0.6) is 11.5 Å². The average molecular weight is 267 g/mol. The van der Waals surface area contributed by atoms with Gasteiger partial charge in [0.15, 0.2) is 0 Å². The van der Waals surface area contributed by atoms with Gasteiger partial charge in [0.25, 0.3) is 0 Å². The van der Waals surface area contributed by atoms with E-state index in [2.05, 4.69) is 0 Å². The summed E-state index contributed by atoms with van der Waals surface area (Å²) in [5.74, 6) is 5.78. The minimum atomic E-state index is -3.53. The predicted molar refractivity (Wildman–Crippen MR) is 60.4 cm³/mol. The van der Waals surface area contributed by atoms with Crippen molar-refractivity contribution in [2.45, 2.75) is 11.4 Å². The van der Waals surface area contributed by atoms with Crippen LogP contribution in [-0.4, -0.2) is 19.6 Å². The molecule has 1 atom stereocenters. The first kappa shape index (κ1) is 14.0. The highest BCUT2D eigenvalue weighted by Gasteiger charge is 2.39. The van der Waals surface area contributed by atoms with E-state index < -0.39 is 11.4 Å². The summed E-state index contributed by atoms with van der Waals surface area (Å²) in [6.45, 7) is 0. The van der Waals surface area contributed by atoms with Crippen LogP contribution < -0.4 is 20.7 Å². The zero-order valence-corrected chi connectivity index (χ0v) is 10.1. The second kappa shape index (κ2) is 5.48. The Morgan fingerprint density at radius 3 is 2.41 bits per heavy atom. The number of benzene rings is 1. The van der Waals surface area contributed by atoms with Crippen LogP contribution in [0.15, 0.2) is 18.2 Å². The molecule has 0 amide bonds. The number of methoxy groups -OCH3 is 2. The first-order valence-corrected chi connectivity index (χ1v) is 5.06. The highest BCUT2D eigenvalue weighted by Crippen LogP contribution is 2.39. The maximum atomic E-state index is 13.1. The number of hydrogen-bond donors (Lipinski definition) is 2. The number of alkyl halides is 3. The van der Waals surface area contributed by atoms with E-state index in [0.717, 1.165) is 0 Å². The fraction of sp³-hybridized carbons (Fsp3) is 0.400. The number of hydrogen-bond acceptors (Lipinski definition) is 4. The lowest BCUT2D eigenvalue weighted by Gasteiger charge is -2.23. The lowest BCUT2D eigenvalue weighted by Crippen LogP contribution is -2.38.